The average Bonchev–Trinajstić information content (AvgIpc) is 2.43. The quantitative estimate of drug-likeness (QED) is 0.732. The minimum Gasteiger partial charge on any atom is -0.406 e. The molecular weight excluding hydrogens is 340 g/mol. The minimum atomic E-state index is -4.97. The van der Waals surface area contributed by atoms with Crippen molar-refractivity contribution in [3.05, 3.63) is 48.0 Å². The van der Waals surface area contributed by atoms with Gasteiger partial charge in [0.15, 0.2) is 0 Å². The maximum Gasteiger partial charge on any atom is 0.573 e. The predicted octanol–water partition coefficient (Wildman–Crippen LogP) is 5.02. The smallest absolute Gasteiger partial charge is 0.406 e. The molecule has 0 aromatic heterocycles. The van der Waals surface area contributed by atoms with E-state index >= 15 is 0 Å². The molecule has 9 heteroatoms. The molecule has 0 radical (unpaired) electrons. The maximum absolute atomic E-state index is 12.3. The predicted molar refractivity (Wildman–Crippen MR) is 70.0 cm³/mol. The van der Waals surface area contributed by atoms with E-state index in [1.807, 2.05) is 0 Å². The fraction of sp³-hybridized carbons (Fsp3) is 0.133. The Morgan fingerprint density at radius 1 is 0.750 bits per heavy atom. The Balaban J connectivity index is 2.43. The Morgan fingerprint density at radius 2 is 1.33 bits per heavy atom. The fourth-order valence-electron chi connectivity index (χ4n) is 1.90. The van der Waals surface area contributed by atoms with Crippen LogP contribution < -0.4 is 9.47 Å². The molecule has 0 atom stereocenters. The number of hydrogen-bond acceptors (Lipinski definition) is 3. The number of halogens is 6. The zero-order valence-corrected chi connectivity index (χ0v) is 11.6. The van der Waals surface area contributed by atoms with Crippen LogP contribution in [0.3, 0.4) is 0 Å². The van der Waals surface area contributed by atoms with Crippen LogP contribution in [0.25, 0.3) is 11.1 Å². The maximum atomic E-state index is 12.3. The van der Waals surface area contributed by atoms with Crippen LogP contribution in [0.5, 0.6) is 11.5 Å². The third kappa shape index (κ3) is 5.08. The lowest BCUT2D eigenvalue weighted by Gasteiger charge is -2.12. The molecule has 0 spiro atoms. The van der Waals surface area contributed by atoms with Gasteiger partial charge in [-0.3, -0.25) is 0 Å². The van der Waals surface area contributed by atoms with Crippen LogP contribution in [0.2, 0.25) is 0 Å². The van der Waals surface area contributed by atoms with E-state index < -0.39 is 24.2 Å². The summed E-state index contributed by atoms with van der Waals surface area (Å²) >= 11 is 0. The molecule has 0 N–H and O–H groups in total. The molecule has 0 amide bonds. The third-order valence-electron chi connectivity index (χ3n) is 2.67. The van der Waals surface area contributed by atoms with Crippen molar-refractivity contribution < 1.29 is 35.8 Å². The molecule has 2 aromatic rings. The van der Waals surface area contributed by atoms with Crippen molar-refractivity contribution in [1.29, 1.82) is 5.26 Å². The van der Waals surface area contributed by atoms with Crippen LogP contribution in [0.1, 0.15) is 5.56 Å². The third-order valence-corrected chi connectivity index (χ3v) is 2.67. The van der Waals surface area contributed by atoms with Crippen molar-refractivity contribution in [3.8, 4) is 28.7 Å². The lowest BCUT2D eigenvalue weighted by atomic mass is 10.0. The lowest BCUT2D eigenvalue weighted by molar-refractivity contribution is -0.275. The molecule has 0 unspecified atom stereocenters. The molecule has 0 bridgehead atoms. The number of alkyl halides is 6. The van der Waals surface area contributed by atoms with Crippen molar-refractivity contribution in [3.63, 3.8) is 0 Å². The van der Waals surface area contributed by atoms with Gasteiger partial charge in [0, 0.05) is 0 Å². The van der Waals surface area contributed by atoms with Crippen LogP contribution >= 0.6 is 0 Å². The van der Waals surface area contributed by atoms with Crippen LogP contribution in [-0.4, -0.2) is 12.7 Å². The first-order chi connectivity index (χ1) is 11.1. The summed E-state index contributed by atoms with van der Waals surface area (Å²) in [6, 6.07) is 9.32. The highest BCUT2D eigenvalue weighted by Gasteiger charge is 2.32. The van der Waals surface area contributed by atoms with Gasteiger partial charge in [0.25, 0.3) is 0 Å². The fourth-order valence-corrected chi connectivity index (χ4v) is 1.90. The van der Waals surface area contributed by atoms with Gasteiger partial charge in [0.1, 0.15) is 11.5 Å². The molecule has 0 saturated carbocycles. The van der Waals surface area contributed by atoms with Crippen molar-refractivity contribution >= 4 is 0 Å². The summed E-state index contributed by atoms with van der Waals surface area (Å²) in [6.45, 7) is 0. The molecule has 0 aliphatic heterocycles. The van der Waals surface area contributed by atoms with E-state index in [-0.39, 0.29) is 16.7 Å². The van der Waals surface area contributed by atoms with Gasteiger partial charge < -0.3 is 9.47 Å². The lowest BCUT2D eigenvalue weighted by Crippen LogP contribution is -2.17. The van der Waals surface area contributed by atoms with Gasteiger partial charge in [-0.05, 0) is 41.5 Å². The first-order valence-corrected chi connectivity index (χ1v) is 6.23. The number of hydrogen-bond donors (Lipinski definition) is 0. The van der Waals surface area contributed by atoms with Gasteiger partial charge in [-0.2, -0.15) is 5.26 Å². The molecule has 0 aliphatic rings. The number of ether oxygens (including phenoxy) is 2. The molecule has 2 aromatic carbocycles. The Labute approximate surface area is 131 Å². The van der Waals surface area contributed by atoms with Crippen molar-refractivity contribution in [1.82, 2.24) is 0 Å². The average molecular weight is 347 g/mol. The Kier molecular flexibility index (Phi) is 4.59. The number of nitrogens with zero attached hydrogens (tertiary/aromatic N) is 1. The van der Waals surface area contributed by atoms with Crippen molar-refractivity contribution in [2.45, 2.75) is 12.7 Å². The SMILES string of the molecule is N#Cc1cc(OC(F)(F)F)cc(-c2cccc(OC(F)(F)F)c2)c1. The Hall–Kier alpha value is -2.89. The number of benzene rings is 2. The van der Waals surface area contributed by atoms with Crippen molar-refractivity contribution in [2.75, 3.05) is 0 Å². The van der Waals surface area contributed by atoms with E-state index in [0.29, 0.717) is 0 Å². The number of rotatable bonds is 3. The highest BCUT2D eigenvalue weighted by Crippen LogP contribution is 2.32. The molecular formula is C15H7F6NO2. The topological polar surface area (TPSA) is 42.2 Å². The van der Waals surface area contributed by atoms with Gasteiger partial charge in [-0.25, -0.2) is 0 Å². The molecule has 0 fully saturated rings. The van der Waals surface area contributed by atoms with E-state index in [0.717, 1.165) is 24.3 Å². The summed E-state index contributed by atoms with van der Waals surface area (Å²) < 4.78 is 81.1. The molecule has 3 nitrogen and oxygen atoms in total. The van der Waals surface area contributed by atoms with Crippen molar-refractivity contribution in [2.24, 2.45) is 0 Å². The van der Waals surface area contributed by atoms with Crippen LogP contribution in [0.15, 0.2) is 42.5 Å². The van der Waals surface area contributed by atoms with Gasteiger partial charge in [-0.15, -0.1) is 26.3 Å². The Bertz CT molecular complexity index is 777. The molecule has 0 aliphatic carbocycles. The van der Waals surface area contributed by atoms with Crippen LogP contribution in [0, 0.1) is 11.3 Å². The molecule has 2 rings (SSSR count). The normalized spacial score (nSPS) is 11.7. The van der Waals surface area contributed by atoms with Gasteiger partial charge >= 0.3 is 12.7 Å². The summed E-state index contributed by atoms with van der Waals surface area (Å²) in [6.07, 6.45) is -9.87. The zero-order valence-electron chi connectivity index (χ0n) is 11.6. The summed E-state index contributed by atoms with van der Waals surface area (Å²) in [5.74, 6) is -1.20. The molecule has 24 heavy (non-hydrogen) atoms. The molecule has 0 saturated heterocycles. The van der Waals surface area contributed by atoms with E-state index in [4.69, 9.17) is 5.26 Å². The zero-order chi connectivity index (χ0) is 18.0. The van der Waals surface area contributed by atoms with Gasteiger partial charge in [0.2, 0.25) is 0 Å². The largest absolute Gasteiger partial charge is 0.573 e. The second-order valence-corrected chi connectivity index (χ2v) is 4.48. The molecule has 126 valence electrons. The minimum absolute atomic E-state index is 0.0703. The Morgan fingerprint density at radius 3 is 1.92 bits per heavy atom. The highest BCUT2D eigenvalue weighted by atomic mass is 19.4. The monoisotopic (exact) mass is 347 g/mol. The van der Waals surface area contributed by atoms with E-state index in [9.17, 15) is 26.3 Å². The van der Waals surface area contributed by atoms with E-state index in [1.165, 1.54) is 18.2 Å². The second kappa shape index (κ2) is 6.31. The molecule has 0 heterocycles. The van der Waals surface area contributed by atoms with E-state index in [2.05, 4.69) is 9.47 Å². The number of nitriles is 1. The van der Waals surface area contributed by atoms with Crippen LogP contribution in [-0.2, 0) is 0 Å². The van der Waals surface area contributed by atoms with Crippen LogP contribution in [0.4, 0.5) is 26.3 Å². The first kappa shape index (κ1) is 17.5. The summed E-state index contributed by atoms with van der Waals surface area (Å²) in [4.78, 5) is 0. The summed E-state index contributed by atoms with van der Waals surface area (Å²) in [5.41, 5.74) is 0.0516. The van der Waals surface area contributed by atoms with Gasteiger partial charge in [-0.1, -0.05) is 12.1 Å². The van der Waals surface area contributed by atoms with E-state index in [1.54, 1.807) is 6.07 Å². The van der Waals surface area contributed by atoms with Gasteiger partial charge in [0.05, 0.1) is 11.6 Å². The summed E-state index contributed by atoms with van der Waals surface area (Å²) in [5, 5.41) is 8.88. The standard InChI is InChI=1S/C15H7F6NO2/c16-14(17,18)23-12-3-1-2-10(6-12)11-4-9(8-22)5-13(7-11)24-15(19,20)21/h1-7H. The second-order valence-electron chi connectivity index (χ2n) is 4.48. The highest BCUT2D eigenvalue weighted by molar-refractivity contribution is 5.68. The first-order valence-electron chi connectivity index (χ1n) is 6.23. The summed E-state index contributed by atoms with van der Waals surface area (Å²) in [7, 11) is 0.